The third kappa shape index (κ3) is 6.34. The van der Waals surface area contributed by atoms with Crippen molar-refractivity contribution in [1.82, 2.24) is 5.32 Å². The summed E-state index contributed by atoms with van der Waals surface area (Å²) in [7, 11) is 0. The SMILES string of the molecule is CCCCNC(=O)C(O)C(O)C(OC1OC2(CO)CC(OC(C)(C)C2)C1O)C(O)CO. The second-order valence-electron chi connectivity index (χ2n) is 9.05. The van der Waals surface area contributed by atoms with Crippen LogP contribution in [-0.4, -0.2) is 110 Å². The molecule has 31 heavy (non-hydrogen) atoms. The van der Waals surface area contributed by atoms with Crippen molar-refractivity contribution in [2.24, 2.45) is 0 Å². The normalized spacial score (nSPS) is 33.9. The average molecular weight is 452 g/mol. The smallest absolute Gasteiger partial charge is 0.251 e. The first-order valence-electron chi connectivity index (χ1n) is 10.7. The molecule has 2 saturated heterocycles. The van der Waals surface area contributed by atoms with Crippen molar-refractivity contribution in [2.45, 2.75) is 101 Å². The first-order chi connectivity index (χ1) is 14.5. The van der Waals surface area contributed by atoms with Crippen LogP contribution in [0, 0.1) is 0 Å². The number of carbonyl (C=O) groups excluding carboxylic acids is 1. The van der Waals surface area contributed by atoms with Crippen LogP contribution in [-0.2, 0) is 19.0 Å². The summed E-state index contributed by atoms with van der Waals surface area (Å²) >= 11 is 0. The van der Waals surface area contributed by atoms with Crippen LogP contribution in [0.3, 0.4) is 0 Å². The number of unbranched alkanes of at least 4 members (excludes halogenated alkanes) is 1. The van der Waals surface area contributed by atoms with E-state index < -0.39 is 66.6 Å². The topological polar surface area (TPSA) is 178 Å². The lowest BCUT2D eigenvalue weighted by Crippen LogP contribution is -2.66. The average Bonchev–Trinajstić information content (AvgIpc) is 2.72. The summed E-state index contributed by atoms with van der Waals surface area (Å²) < 4.78 is 17.3. The number of nitrogens with one attached hydrogen (secondary N) is 1. The van der Waals surface area contributed by atoms with E-state index >= 15 is 0 Å². The largest absolute Gasteiger partial charge is 0.394 e. The Bertz CT molecular complexity index is 590. The van der Waals surface area contributed by atoms with Crippen molar-refractivity contribution < 1.29 is 49.6 Å². The highest BCUT2D eigenvalue weighted by Crippen LogP contribution is 2.44. The van der Waals surface area contributed by atoms with E-state index in [0.29, 0.717) is 19.4 Å². The summed E-state index contributed by atoms with van der Waals surface area (Å²) in [6.45, 7) is 4.61. The summed E-state index contributed by atoms with van der Waals surface area (Å²) in [5, 5.41) is 63.3. The number of hydrogen-bond donors (Lipinski definition) is 7. The highest BCUT2D eigenvalue weighted by Gasteiger charge is 2.56. The third-order valence-corrected chi connectivity index (χ3v) is 5.72. The molecule has 0 spiro atoms. The maximum absolute atomic E-state index is 12.1. The van der Waals surface area contributed by atoms with E-state index in [1.165, 1.54) is 0 Å². The quantitative estimate of drug-likeness (QED) is 0.170. The molecule has 2 aliphatic heterocycles. The molecule has 7 N–H and O–H groups in total. The zero-order valence-corrected chi connectivity index (χ0v) is 18.3. The summed E-state index contributed by atoms with van der Waals surface area (Å²) in [5.74, 6) is -0.862. The van der Waals surface area contributed by atoms with Gasteiger partial charge in [-0.25, -0.2) is 0 Å². The second kappa shape index (κ2) is 10.8. The minimum absolute atomic E-state index is 0.214. The van der Waals surface area contributed by atoms with Crippen molar-refractivity contribution in [3.8, 4) is 0 Å². The summed E-state index contributed by atoms with van der Waals surface area (Å²) in [6.07, 6.45) is -8.76. The van der Waals surface area contributed by atoms with Crippen molar-refractivity contribution in [3.05, 3.63) is 0 Å². The van der Waals surface area contributed by atoms with Gasteiger partial charge in [-0.1, -0.05) is 13.3 Å². The molecule has 8 unspecified atom stereocenters. The molecule has 0 aromatic rings. The van der Waals surface area contributed by atoms with Crippen molar-refractivity contribution in [1.29, 1.82) is 0 Å². The molecule has 11 heteroatoms. The molecular formula is C20H37NO10. The van der Waals surface area contributed by atoms with Crippen LogP contribution in [0.5, 0.6) is 0 Å². The van der Waals surface area contributed by atoms with Gasteiger partial charge in [-0.2, -0.15) is 0 Å². The van der Waals surface area contributed by atoms with Crippen molar-refractivity contribution >= 4 is 5.91 Å². The molecule has 11 nitrogen and oxygen atoms in total. The monoisotopic (exact) mass is 451 g/mol. The molecule has 2 rings (SSSR count). The van der Waals surface area contributed by atoms with E-state index in [4.69, 9.17) is 14.2 Å². The highest BCUT2D eigenvalue weighted by atomic mass is 16.7. The maximum atomic E-state index is 12.1. The lowest BCUT2D eigenvalue weighted by Gasteiger charge is -2.54. The molecule has 1 amide bonds. The van der Waals surface area contributed by atoms with Gasteiger partial charge in [0, 0.05) is 19.4 Å². The van der Waals surface area contributed by atoms with E-state index in [2.05, 4.69) is 5.32 Å². The lowest BCUT2D eigenvalue weighted by molar-refractivity contribution is -0.369. The van der Waals surface area contributed by atoms with Crippen molar-refractivity contribution in [2.75, 3.05) is 19.8 Å². The van der Waals surface area contributed by atoms with Crippen LogP contribution in [0.25, 0.3) is 0 Å². The fourth-order valence-corrected chi connectivity index (χ4v) is 4.23. The first-order valence-corrected chi connectivity index (χ1v) is 10.7. The number of amides is 1. The molecule has 2 bridgehead atoms. The molecule has 2 aliphatic rings. The summed E-state index contributed by atoms with van der Waals surface area (Å²) in [5.41, 5.74) is -1.75. The van der Waals surface area contributed by atoms with E-state index in [9.17, 15) is 35.4 Å². The van der Waals surface area contributed by atoms with Gasteiger partial charge < -0.3 is 50.2 Å². The van der Waals surface area contributed by atoms with E-state index in [1.54, 1.807) is 13.8 Å². The first kappa shape index (κ1) is 26.4. The van der Waals surface area contributed by atoms with E-state index in [-0.39, 0.29) is 13.0 Å². The van der Waals surface area contributed by atoms with E-state index in [0.717, 1.165) is 6.42 Å². The molecular weight excluding hydrogens is 414 g/mol. The number of carbonyl (C=O) groups is 1. The summed E-state index contributed by atoms with van der Waals surface area (Å²) in [4.78, 5) is 12.1. The van der Waals surface area contributed by atoms with Gasteiger partial charge in [-0.05, 0) is 20.3 Å². The number of ether oxygens (including phenoxy) is 3. The van der Waals surface area contributed by atoms with Crippen LogP contribution < -0.4 is 5.32 Å². The molecule has 0 aromatic carbocycles. The standard InChI is InChI=1S/C20H37NO10/c1-4-5-6-21-17(28)15(27)14(26)16(11(24)8-22)29-18-13(25)12-7-20(10-23,31-18)9-19(2,3)30-12/h11-16,18,22-27H,4-10H2,1-3H3,(H,21,28). The lowest BCUT2D eigenvalue weighted by atomic mass is 9.78. The highest BCUT2D eigenvalue weighted by molar-refractivity contribution is 5.81. The van der Waals surface area contributed by atoms with E-state index in [1.807, 2.05) is 6.92 Å². The number of aliphatic hydroxyl groups is 6. The van der Waals surface area contributed by atoms with Crippen LogP contribution in [0.2, 0.25) is 0 Å². The Kier molecular flexibility index (Phi) is 9.20. The van der Waals surface area contributed by atoms with Gasteiger partial charge in [-0.15, -0.1) is 0 Å². The van der Waals surface area contributed by atoms with Gasteiger partial charge in [0.25, 0.3) is 5.91 Å². The Balaban J connectivity index is 2.15. The van der Waals surface area contributed by atoms with Gasteiger partial charge in [0.15, 0.2) is 12.4 Å². The van der Waals surface area contributed by atoms with Crippen LogP contribution in [0.15, 0.2) is 0 Å². The Morgan fingerprint density at radius 2 is 1.90 bits per heavy atom. The van der Waals surface area contributed by atoms with Gasteiger partial charge in [0.05, 0.1) is 30.5 Å². The number of rotatable bonds is 11. The van der Waals surface area contributed by atoms with Crippen LogP contribution in [0.4, 0.5) is 0 Å². The number of fused-ring (bicyclic) bond motifs is 2. The molecule has 0 aromatic heterocycles. The van der Waals surface area contributed by atoms with Gasteiger partial charge in [-0.3, -0.25) is 4.79 Å². The minimum Gasteiger partial charge on any atom is -0.394 e. The molecule has 2 heterocycles. The maximum Gasteiger partial charge on any atom is 0.251 e. The predicted octanol–water partition coefficient (Wildman–Crippen LogP) is -2.23. The molecule has 182 valence electrons. The van der Waals surface area contributed by atoms with Crippen LogP contribution >= 0.6 is 0 Å². The van der Waals surface area contributed by atoms with Gasteiger partial charge in [0.2, 0.25) is 0 Å². The van der Waals surface area contributed by atoms with Crippen LogP contribution in [0.1, 0.15) is 46.5 Å². The zero-order valence-electron chi connectivity index (χ0n) is 18.3. The Morgan fingerprint density at radius 3 is 2.48 bits per heavy atom. The molecule has 2 fully saturated rings. The van der Waals surface area contributed by atoms with Crippen molar-refractivity contribution in [3.63, 3.8) is 0 Å². The zero-order chi connectivity index (χ0) is 23.4. The number of aliphatic hydroxyl groups excluding tert-OH is 6. The minimum atomic E-state index is -1.95. The molecule has 0 saturated carbocycles. The summed E-state index contributed by atoms with van der Waals surface area (Å²) in [6, 6.07) is 0. The predicted molar refractivity (Wildman–Crippen MR) is 107 cm³/mol. The Hall–Kier alpha value is -0.890. The second-order valence-corrected chi connectivity index (χ2v) is 9.05. The number of hydrogen-bond acceptors (Lipinski definition) is 10. The van der Waals surface area contributed by atoms with Gasteiger partial charge in [0.1, 0.15) is 24.4 Å². The fourth-order valence-electron chi connectivity index (χ4n) is 4.23. The molecule has 0 radical (unpaired) electrons. The molecule has 0 aliphatic carbocycles. The van der Waals surface area contributed by atoms with Gasteiger partial charge >= 0.3 is 0 Å². The third-order valence-electron chi connectivity index (χ3n) is 5.72. The Morgan fingerprint density at radius 1 is 1.23 bits per heavy atom. The molecule has 8 atom stereocenters. The Labute approximate surface area is 181 Å². The fraction of sp³-hybridized carbons (Fsp3) is 0.950.